The lowest BCUT2D eigenvalue weighted by atomic mass is 10.0. The van der Waals surface area contributed by atoms with Gasteiger partial charge in [-0.25, -0.2) is 0 Å². The van der Waals surface area contributed by atoms with Crippen LogP contribution in [0.25, 0.3) is 0 Å². The lowest BCUT2D eigenvalue weighted by Crippen LogP contribution is -2.12. The first-order chi connectivity index (χ1) is 6.33. The molecule has 70 valence electrons. The molecule has 2 nitrogen and oxygen atoms in total. The number of nitrogens with one attached hydrogen (secondary N) is 1. The number of allylic oxidation sites excluding steroid dienone is 3. The molecule has 0 radical (unpaired) electrons. The molecule has 0 bridgehead atoms. The molecule has 1 heterocycles. The number of hydrogen-bond acceptors (Lipinski definition) is 1. The fourth-order valence-corrected chi connectivity index (χ4v) is 1.93. The smallest absolute Gasteiger partial charge is 0.228 e. The van der Waals surface area contributed by atoms with E-state index in [4.69, 9.17) is 0 Å². The molecule has 2 aliphatic carbocycles. The average Bonchev–Trinajstić information content (AvgIpc) is 2.77. The van der Waals surface area contributed by atoms with Crippen LogP contribution in [0.3, 0.4) is 0 Å². The molecule has 2 atom stereocenters. The predicted octanol–water partition coefficient (Wildman–Crippen LogP) is 1.99. The van der Waals surface area contributed by atoms with Crippen molar-refractivity contribution in [1.29, 1.82) is 0 Å². The maximum absolute atomic E-state index is 10.9. The molecule has 2 fully saturated rings. The Labute approximate surface area is 78.7 Å². The highest BCUT2D eigenvalue weighted by molar-refractivity contribution is 5.87. The quantitative estimate of drug-likeness (QED) is 0.602. The first-order valence-electron chi connectivity index (χ1n) is 5.06. The van der Waals surface area contributed by atoms with Gasteiger partial charge in [0, 0.05) is 5.70 Å². The maximum Gasteiger partial charge on any atom is 0.228 e. The van der Waals surface area contributed by atoms with Gasteiger partial charge in [0.25, 0.3) is 0 Å². The van der Waals surface area contributed by atoms with Gasteiger partial charge in [0.1, 0.15) is 0 Å². The average molecular weight is 177 g/mol. The Kier molecular flexibility index (Phi) is 1.98. The standard InChI is InChI=1S/C9H9NO.C2H6/c11-9-4-7-2-5-1-6(5)3-8(7)10-9;1-2/h2-3,5-6H,1,4H2,(H,10,11);1-2H3. The van der Waals surface area contributed by atoms with Gasteiger partial charge in [0.05, 0.1) is 6.42 Å². The van der Waals surface area contributed by atoms with E-state index in [9.17, 15) is 4.79 Å². The van der Waals surface area contributed by atoms with E-state index in [1.54, 1.807) is 0 Å². The number of carbonyl (C=O) groups is 1. The van der Waals surface area contributed by atoms with E-state index in [1.165, 1.54) is 12.0 Å². The molecule has 0 spiro atoms. The zero-order valence-electron chi connectivity index (χ0n) is 8.13. The molecule has 2 heteroatoms. The Balaban J connectivity index is 0.000000308. The molecule has 3 rings (SSSR count). The van der Waals surface area contributed by atoms with E-state index in [0.717, 1.165) is 17.5 Å². The van der Waals surface area contributed by atoms with Crippen molar-refractivity contribution in [3.63, 3.8) is 0 Å². The van der Waals surface area contributed by atoms with E-state index in [0.29, 0.717) is 6.42 Å². The summed E-state index contributed by atoms with van der Waals surface area (Å²) in [6.45, 7) is 4.00. The molecule has 1 saturated heterocycles. The Morgan fingerprint density at radius 3 is 2.77 bits per heavy atom. The summed E-state index contributed by atoms with van der Waals surface area (Å²) in [6, 6.07) is 0. The minimum Gasteiger partial charge on any atom is -0.326 e. The molecule has 2 unspecified atom stereocenters. The van der Waals surface area contributed by atoms with E-state index in [2.05, 4.69) is 17.5 Å². The topological polar surface area (TPSA) is 29.1 Å². The number of fused-ring (bicyclic) bond motifs is 2. The number of hydrogen-bond donors (Lipinski definition) is 1. The number of rotatable bonds is 0. The summed E-state index contributed by atoms with van der Waals surface area (Å²) >= 11 is 0. The summed E-state index contributed by atoms with van der Waals surface area (Å²) in [7, 11) is 0. The summed E-state index contributed by atoms with van der Waals surface area (Å²) in [6.07, 6.45) is 6.38. The zero-order chi connectivity index (χ0) is 9.42. The molecule has 13 heavy (non-hydrogen) atoms. The fraction of sp³-hybridized carbons (Fsp3) is 0.545. The van der Waals surface area contributed by atoms with Gasteiger partial charge in [0.2, 0.25) is 5.91 Å². The fourth-order valence-electron chi connectivity index (χ4n) is 1.93. The summed E-state index contributed by atoms with van der Waals surface area (Å²) < 4.78 is 0. The Bertz CT molecular complexity index is 273. The van der Waals surface area contributed by atoms with Crippen molar-refractivity contribution >= 4 is 5.91 Å². The van der Waals surface area contributed by atoms with Crippen LogP contribution < -0.4 is 5.32 Å². The van der Waals surface area contributed by atoms with Gasteiger partial charge >= 0.3 is 0 Å². The second-order valence-electron chi connectivity index (χ2n) is 3.56. The summed E-state index contributed by atoms with van der Waals surface area (Å²) in [5, 5.41) is 2.87. The van der Waals surface area contributed by atoms with E-state index in [-0.39, 0.29) is 5.91 Å². The third kappa shape index (κ3) is 1.41. The second-order valence-corrected chi connectivity index (χ2v) is 3.56. The third-order valence-electron chi connectivity index (χ3n) is 2.66. The van der Waals surface area contributed by atoms with Crippen LogP contribution in [0, 0.1) is 11.8 Å². The van der Waals surface area contributed by atoms with Crippen LogP contribution in [0.5, 0.6) is 0 Å². The van der Waals surface area contributed by atoms with Crippen molar-refractivity contribution in [2.24, 2.45) is 11.8 Å². The van der Waals surface area contributed by atoms with E-state index in [1.807, 2.05) is 13.8 Å². The van der Waals surface area contributed by atoms with Crippen molar-refractivity contribution < 1.29 is 4.79 Å². The van der Waals surface area contributed by atoms with Gasteiger partial charge in [-0.1, -0.05) is 26.0 Å². The minimum atomic E-state index is 0.156. The van der Waals surface area contributed by atoms with Crippen LogP contribution >= 0.6 is 0 Å². The Morgan fingerprint density at radius 1 is 1.31 bits per heavy atom. The van der Waals surface area contributed by atoms with Crippen molar-refractivity contribution in [2.75, 3.05) is 0 Å². The van der Waals surface area contributed by atoms with E-state index < -0.39 is 0 Å². The first kappa shape index (κ1) is 8.54. The van der Waals surface area contributed by atoms with Crippen molar-refractivity contribution in [1.82, 2.24) is 5.32 Å². The monoisotopic (exact) mass is 177 g/mol. The van der Waals surface area contributed by atoms with Crippen molar-refractivity contribution in [3.8, 4) is 0 Å². The van der Waals surface area contributed by atoms with Crippen molar-refractivity contribution in [2.45, 2.75) is 26.7 Å². The molecule has 1 N–H and O–H groups in total. The molecule has 3 aliphatic rings. The van der Waals surface area contributed by atoms with Crippen LogP contribution in [0.15, 0.2) is 23.4 Å². The maximum atomic E-state index is 10.9. The SMILES string of the molecule is CC.O=C1CC2=CC3CC3C=C2N1. The number of amides is 1. The van der Waals surface area contributed by atoms with Crippen LogP contribution in [-0.4, -0.2) is 5.91 Å². The summed E-state index contributed by atoms with van der Waals surface area (Å²) in [5.41, 5.74) is 2.32. The van der Waals surface area contributed by atoms with Crippen LogP contribution in [0.4, 0.5) is 0 Å². The van der Waals surface area contributed by atoms with Gasteiger partial charge in [-0.3, -0.25) is 4.79 Å². The highest BCUT2D eigenvalue weighted by Gasteiger charge is 2.39. The van der Waals surface area contributed by atoms with Gasteiger partial charge in [-0.2, -0.15) is 0 Å². The normalized spacial score (nSPS) is 32.9. The molecule has 1 amide bonds. The molecular weight excluding hydrogens is 162 g/mol. The Morgan fingerprint density at radius 2 is 2.00 bits per heavy atom. The van der Waals surface area contributed by atoms with Gasteiger partial charge in [-0.05, 0) is 23.8 Å². The predicted molar refractivity (Wildman–Crippen MR) is 51.9 cm³/mol. The molecule has 0 aromatic carbocycles. The van der Waals surface area contributed by atoms with Gasteiger partial charge in [0.15, 0.2) is 0 Å². The molecule has 1 saturated carbocycles. The molecule has 1 aliphatic heterocycles. The largest absolute Gasteiger partial charge is 0.326 e. The Hall–Kier alpha value is -1.05. The van der Waals surface area contributed by atoms with Crippen LogP contribution in [-0.2, 0) is 4.79 Å². The van der Waals surface area contributed by atoms with Gasteiger partial charge < -0.3 is 5.32 Å². The highest BCUT2D eigenvalue weighted by atomic mass is 16.1. The zero-order valence-corrected chi connectivity index (χ0v) is 8.13. The van der Waals surface area contributed by atoms with Gasteiger partial charge in [-0.15, -0.1) is 0 Å². The molecular formula is C11H15NO. The van der Waals surface area contributed by atoms with Crippen LogP contribution in [0.1, 0.15) is 26.7 Å². The third-order valence-corrected chi connectivity index (χ3v) is 2.66. The van der Waals surface area contributed by atoms with Crippen molar-refractivity contribution in [3.05, 3.63) is 23.4 Å². The molecule has 0 aromatic heterocycles. The van der Waals surface area contributed by atoms with Crippen LogP contribution in [0.2, 0.25) is 0 Å². The first-order valence-corrected chi connectivity index (χ1v) is 5.06. The highest BCUT2D eigenvalue weighted by Crippen LogP contribution is 2.47. The number of carbonyl (C=O) groups excluding carboxylic acids is 1. The molecule has 0 aromatic rings. The minimum absolute atomic E-state index is 0.156. The lowest BCUT2D eigenvalue weighted by molar-refractivity contribution is -0.118. The van der Waals surface area contributed by atoms with E-state index >= 15 is 0 Å². The lowest BCUT2D eigenvalue weighted by Gasteiger charge is -2.03. The second kappa shape index (κ2) is 3.02. The summed E-state index contributed by atoms with van der Waals surface area (Å²) in [4.78, 5) is 10.9. The summed E-state index contributed by atoms with van der Waals surface area (Å²) in [5.74, 6) is 1.66.